The highest BCUT2D eigenvalue weighted by atomic mass is 35.5. The Bertz CT molecular complexity index is 431. The van der Waals surface area contributed by atoms with E-state index in [-0.39, 0.29) is 6.61 Å². The Morgan fingerprint density at radius 3 is 2.65 bits per heavy atom. The smallest absolute Gasteiger partial charge is 0.119 e. The van der Waals surface area contributed by atoms with Crippen molar-refractivity contribution in [1.29, 1.82) is 0 Å². The van der Waals surface area contributed by atoms with Gasteiger partial charge in [-0.2, -0.15) is 0 Å². The molecule has 0 amide bonds. The third kappa shape index (κ3) is 5.40. The summed E-state index contributed by atoms with van der Waals surface area (Å²) >= 11 is 5.78. The third-order valence-electron chi connectivity index (χ3n) is 3.29. The lowest BCUT2D eigenvalue weighted by Gasteiger charge is -2.24. The van der Waals surface area contributed by atoms with E-state index in [2.05, 4.69) is 5.32 Å². The topological polar surface area (TPSA) is 58.6 Å². The van der Waals surface area contributed by atoms with Crippen LogP contribution in [0.2, 0.25) is 5.02 Å². The summed E-state index contributed by atoms with van der Waals surface area (Å²) in [5.41, 5.74) is 0. The van der Waals surface area contributed by atoms with Gasteiger partial charge in [0.25, 0.3) is 0 Å². The van der Waals surface area contributed by atoms with Crippen LogP contribution in [0, 0.1) is 0 Å². The molecule has 1 unspecified atom stereocenters. The zero-order valence-electron chi connectivity index (χ0n) is 11.3. The van der Waals surface area contributed by atoms with Crippen molar-refractivity contribution in [1.82, 2.24) is 5.32 Å². The maximum Gasteiger partial charge on any atom is 0.119 e. The fourth-order valence-electron chi connectivity index (χ4n) is 2.08. The third-order valence-corrected chi connectivity index (χ3v) is 4.92. The van der Waals surface area contributed by atoms with Crippen molar-refractivity contribution in [2.24, 2.45) is 0 Å². The van der Waals surface area contributed by atoms with Crippen LogP contribution < -0.4 is 10.1 Å². The van der Waals surface area contributed by atoms with Crippen LogP contribution in [-0.4, -0.2) is 46.1 Å². The van der Waals surface area contributed by atoms with Gasteiger partial charge in [0, 0.05) is 39.9 Å². The van der Waals surface area contributed by atoms with Crippen molar-refractivity contribution in [3.8, 4) is 5.75 Å². The summed E-state index contributed by atoms with van der Waals surface area (Å²) in [7, 11) is -0.643. The summed E-state index contributed by atoms with van der Waals surface area (Å²) in [4.78, 5) is 0. The van der Waals surface area contributed by atoms with E-state index < -0.39 is 16.9 Å². The highest BCUT2D eigenvalue weighted by Crippen LogP contribution is 2.15. The molecule has 1 heterocycles. The Morgan fingerprint density at radius 2 is 2.00 bits per heavy atom. The molecule has 112 valence electrons. The fraction of sp³-hybridized carbons (Fsp3) is 0.571. The van der Waals surface area contributed by atoms with Crippen LogP contribution in [0.4, 0.5) is 0 Å². The lowest BCUT2D eigenvalue weighted by atomic mass is 10.1. The van der Waals surface area contributed by atoms with E-state index in [1.54, 1.807) is 24.3 Å². The van der Waals surface area contributed by atoms with Crippen LogP contribution in [-0.2, 0) is 10.8 Å². The lowest BCUT2D eigenvalue weighted by molar-refractivity contribution is 0.103. The summed E-state index contributed by atoms with van der Waals surface area (Å²) in [6, 6.07) is 7.42. The van der Waals surface area contributed by atoms with Gasteiger partial charge in [-0.05, 0) is 37.1 Å². The van der Waals surface area contributed by atoms with E-state index in [1.807, 2.05) is 0 Å². The van der Waals surface area contributed by atoms with Gasteiger partial charge in [-0.15, -0.1) is 0 Å². The van der Waals surface area contributed by atoms with E-state index in [0.29, 0.717) is 23.4 Å². The second-order valence-corrected chi connectivity index (χ2v) is 7.08. The number of ether oxygens (including phenoxy) is 1. The van der Waals surface area contributed by atoms with Gasteiger partial charge in [-0.1, -0.05) is 11.6 Å². The predicted molar refractivity (Wildman–Crippen MR) is 81.9 cm³/mol. The Kier molecular flexibility index (Phi) is 6.29. The van der Waals surface area contributed by atoms with Crippen LogP contribution in [0.3, 0.4) is 0 Å². The molecule has 0 radical (unpaired) electrons. The normalized spacial score (nSPS) is 24.3. The minimum Gasteiger partial charge on any atom is -0.491 e. The Labute approximate surface area is 126 Å². The number of benzene rings is 1. The molecule has 1 aromatic rings. The molecule has 20 heavy (non-hydrogen) atoms. The molecule has 2 N–H and O–H groups in total. The average Bonchev–Trinajstić information content (AvgIpc) is 2.46. The molecule has 6 heteroatoms. The largest absolute Gasteiger partial charge is 0.491 e. The molecule has 1 fully saturated rings. The number of rotatable bonds is 6. The molecule has 4 nitrogen and oxygen atoms in total. The molecular weight excluding hydrogens is 298 g/mol. The summed E-state index contributed by atoms with van der Waals surface area (Å²) < 4.78 is 16.7. The molecule has 1 aromatic carbocycles. The van der Waals surface area contributed by atoms with Crippen LogP contribution >= 0.6 is 11.6 Å². The lowest BCUT2D eigenvalue weighted by Crippen LogP contribution is -2.41. The standard InChI is InChI=1S/C14H20ClNO3S/c15-11-1-3-14(4-2-11)19-10-13(17)9-16-12-5-7-20(18)8-6-12/h1-4,12-13,16-17H,5-10H2. The summed E-state index contributed by atoms with van der Waals surface area (Å²) in [6.07, 6.45) is 1.27. The first-order valence-corrected chi connectivity index (χ1v) is 8.65. The molecule has 0 spiro atoms. The van der Waals surface area contributed by atoms with Crippen LogP contribution in [0.1, 0.15) is 12.8 Å². The molecule has 0 saturated carbocycles. The highest BCUT2D eigenvalue weighted by Gasteiger charge is 2.18. The Balaban J connectivity index is 1.64. The number of nitrogens with one attached hydrogen (secondary N) is 1. The van der Waals surface area contributed by atoms with Crippen LogP contribution in [0.15, 0.2) is 24.3 Å². The molecule has 1 atom stereocenters. The molecule has 1 aliphatic rings. The van der Waals surface area contributed by atoms with Gasteiger partial charge < -0.3 is 15.2 Å². The fourth-order valence-corrected chi connectivity index (χ4v) is 3.51. The SMILES string of the molecule is O=S1CCC(NCC(O)COc2ccc(Cl)cc2)CC1. The number of hydrogen-bond acceptors (Lipinski definition) is 4. The van der Waals surface area contributed by atoms with Crippen molar-refractivity contribution in [2.45, 2.75) is 25.0 Å². The van der Waals surface area contributed by atoms with E-state index in [9.17, 15) is 9.32 Å². The number of aliphatic hydroxyl groups is 1. The number of halogens is 1. The molecule has 1 aliphatic heterocycles. The quantitative estimate of drug-likeness (QED) is 0.836. The number of hydrogen-bond donors (Lipinski definition) is 2. The van der Waals surface area contributed by atoms with Gasteiger partial charge in [0.15, 0.2) is 0 Å². The second kappa shape index (κ2) is 7.98. The average molecular weight is 318 g/mol. The van der Waals surface area contributed by atoms with E-state index in [1.165, 1.54) is 0 Å². The molecule has 0 aromatic heterocycles. The Hall–Kier alpha value is -0.620. The van der Waals surface area contributed by atoms with Crippen molar-refractivity contribution >= 4 is 22.4 Å². The molecule has 2 rings (SSSR count). The van der Waals surface area contributed by atoms with E-state index in [0.717, 1.165) is 24.3 Å². The Morgan fingerprint density at radius 1 is 1.35 bits per heavy atom. The minimum absolute atomic E-state index is 0.243. The summed E-state index contributed by atoms with van der Waals surface area (Å²) in [6.45, 7) is 0.734. The number of aliphatic hydroxyl groups excluding tert-OH is 1. The van der Waals surface area contributed by atoms with E-state index >= 15 is 0 Å². The van der Waals surface area contributed by atoms with Crippen molar-refractivity contribution in [3.63, 3.8) is 0 Å². The highest BCUT2D eigenvalue weighted by molar-refractivity contribution is 7.85. The second-order valence-electron chi connectivity index (χ2n) is 4.95. The van der Waals surface area contributed by atoms with Crippen molar-refractivity contribution in [3.05, 3.63) is 29.3 Å². The zero-order valence-corrected chi connectivity index (χ0v) is 12.8. The van der Waals surface area contributed by atoms with Crippen molar-refractivity contribution in [2.75, 3.05) is 24.7 Å². The molecule has 1 saturated heterocycles. The van der Waals surface area contributed by atoms with Crippen LogP contribution in [0.5, 0.6) is 5.75 Å². The van der Waals surface area contributed by atoms with Gasteiger partial charge in [-0.25, -0.2) is 0 Å². The van der Waals surface area contributed by atoms with Crippen LogP contribution in [0.25, 0.3) is 0 Å². The van der Waals surface area contributed by atoms with Crippen molar-refractivity contribution < 1.29 is 14.1 Å². The first kappa shape index (κ1) is 15.8. The minimum atomic E-state index is -0.643. The first-order chi connectivity index (χ1) is 9.63. The predicted octanol–water partition coefficient (Wildman–Crippen LogP) is 1.58. The van der Waals surface area contributed by atoms with E-state index in [4.69, 9.17) is 16.3 Å². The molecule has 0 aliphatic carbocycles. The first-order valence-electron chi connectivity index (χ1n) is 6.78. The molecule has 0 bridgehead atoms. The summed E-state index contributed by atoms with van der Waals surface area (Å²) in [5.74, 6) is 2.21. The maximum absolute atomic E-state index is 11.2. The van der Waals surface area contributed by atoms with Gasteiger partial charge in [-0.3, -0.25) is 4.21 Å². The van der Waals surface area contributed by atoms with Gasteiger partial charge in [0.2, 0.25) is 0 Å². The molecular formula is C14H20ClNO3S. The van der Waals surface area contributed by atoms with Gasteiger partial charge in [0.05, 0.1) is 0 Å². The van der Waals surface area contributed by atoms with Gasteiger partial charge in [0.1, 0.15) is 18.5 Å². The maximum atomic E-state index is 11.2. The monoisotopic (exact) mass is 317 g/mol. The summed E-state index contributed by atoms with van der Waals surface area (Å²) in [5, 5.41) is 13.8. The zero-order chi connectivity index (χ0) is 14.4. The van der Waals surface area contributed by atoms with Gasteiger partial charge >= 0.3 is 0 Å².